The van der Waals surface area contributed by atoms with Crippen molar-refractivity contribution >= 4 is 5.91 Å². The number of carbonyl (C=O) groups is 1. The molecule has 2 N–H and O–H groups in total. The first-order chi connectivity index (χ1) is 9.22. The molecule has 3 rings (SSSR count). The van der Waals surface area contributed by atoms with E-state index in [0.717, 1.165) is 31.8 Å². The highest BCUT2D eigenvalue weighted by molar-refractivity contribution is 5.90. The molecule has 1 aromatic rings. The minimum Gasteiger partial charge on any atom is -0.374 e. The van der Waals surface area contributed by atoms with Gasteiger partial charge in [-0.05, 0) is 19.9 Å². The molecule has 1 saturated heterocycles. The number of H-pyrrole nitrogens is 1. The number of hydrogen-bond acceptors (Lipinski definition) is 5. The van der Waals surface area contributed by atoms with Crippen LogP contribution in [0, 0.1) is 0 Å². The zero-order valence-corrected chi connectivity index (χ0v) is 11.1. The molecule has 1 atom stereocenters. The van der Waals surface area contributed by atoms with Gasteiger partial charge in [0.1, 0.15) is 5.82 Å². The highest BCUT2D eigenvalue weighted by Gasteiger charge is 2.28. The van der Waals surface area contributed by atoms with Crippen molar-refractivity contribution in [2.24, 2.45) is 0 Å². The molecule has 2 fully saturated rings. The van der Waals surface area contributed by atoms with Crippen LogP contribution in [-0.2, 0) is 4.74 Å². The van der Waals surface area contributed by atoms with Crippen molar-refractivity contribution in [2.45, 2.75) is 24.9 Å². The molecule has 2 aliphatic rings. The molecule has 7 heteroatoms. The van der Waals surface area contributed by atoms with E-state index < -0.39 is 0 Å². The minimum absolute atomic E-state index is 0.0459. The van der Waals surface area contributed by atoms with E-state index in [-0.39, 0.29) is 17.8 Å². The topological polar surface area (TPSA) is 83.1 Å². The van der Waals surface area contributed by atoms with E-state index in [1.807, 2.05) is 0 Å². The van der Waals surface area contributed by atoms with Crippen LogP contribution in [0.3, 0.4) is 0 Å². The Bertz CT molecular complexity index is 457. The van der Waals surface area contributed by atoms with Crippen molar-refractivity contribution in [1.82, 2.24) is 25.4 Å². The molecular formula is C12H19N5O2. The van der Waals surface area contributed by atoms with Gasteiger partial charge in [0.2, 0.25) is 5.82 Å². The second-order valence-corrected chi connectivity index (χ2v) is 5.28. The first-order valence-electron chi connectivity index (χ1n) is 6.73. The Balaban J connectivity index is 1.49. The average Bonchev–Trinajstić information content (AvgIpc) is 3.14. The Hall–Kier alpha value is -1.47. The molecule has 0 bridgehead atoms. The molecule has 7 nitrogen and oxygen atoms in total. The zero-order valence-electron chi connectivity index (χ0n) is 11.1. The molecule has 1 aromatic heterocycles. The lowest BCUT2D eigenvalue weighted by atomic mass is 10.3. The second kappa shape index (κ2) is 5.26. The lowest BCUT2D eigenvalue weighted by Crippen LogP contribution is -2.46. The maximum absolute atomic E-state index is 11.9. The normalized spacial score (nSPS) is 24.4. The largest absolute Gasteiger partial charge is 0.374 e. The number of morpholine rings is 1. The molecule has 0 spiro atoms. The van der Waals surface area contributed by atoms with Gasteiger partial charge in [0.05, 0.1) is 12.7 Å². The maximum Gasteiger partial charge on any atom is 0.291 e. The van der Waals surface area contributed by atoms with E-state index >= 15 is 0 Å². The van der Waals surface area contributed by atoms with Crippen LogP contribution in [0.2, 0.25) is 0 Å². The van der Waals surface area contributed by atoms with Crippen LogP contribution in [0.5, 0.6) is 0 Å². The zero-order chi connectivity index (χ0) is 13.2. The summed E-state index contributed by atoms with van der Waals surface area (Å²) >= 11 is 0. The third-order valence-electron chi connectivity index (χ3n) is 3.50. The fourth-order valence-corrected chi connectivity index (χ4v) is 2.19. The van der Waals surface area contributed by atoms with Crippen LogP contribution in [-0.4, -0.2) is 65.4 Å². The Morgan fingerprint density at radius 3 is 3.16 bits per heavy atom. The van der Waals surface area contributed by atoms with Crippen LogP contribution in [0.4, 0.5) is 0 Å². The number of nitrogens with zero attached hydrogens (tertiary/aromatic N) is 3. The summed E-state index contributed by atoms with van der Waals surface area (Å²) in [6, 6.07) is 0. The Morgan fingerprint density at radius 1 is 1.58 bits per heavy atom. The molecule has 0 radical (unpaired) electrons. The number of rotatable bonds is 4. The molecule has 19 heavy (non-hydrogen) atoms. The van der Waals surface area contributed by atoms with Crippen molar-refractivity contribution in [3.63, 3.8) is 0 Å². The second-order valence-electron chi connectivity index (χ2n) is 5.28. The van der Waals surface area contributed by atoms with E-state index in [0.29, 0.717) is 19.1 Å². The summed E-state index contributed by atoms with van der Waals surface area (Å²) in [4.78, 5) is 18.3. The van der Waals surface area contributed by atoms with Crippen LogP contribution in [0.1, 0.15) is 35.2 Å². The fourth-order valence-electron chi connectivity index (χ4n) is 2.19. The van der Waals surface area contributed by atoms with Crippen LogP contribution in [0.15, 0.2) is 0 Å². The predicted octanol–water partition coefficient (Wildman–Crippen LogP) is -0.257. The fraction of sp³-hybridized carbons (Fsp3) is 0.750. The standard InChI is InChI=1S/C12H19N5O2/c1-17-4-5-19-9(7-17)6-13-12(18)11-14-10(15-16-11)8-2-3-8/h8-9H,2-7H2,1H3,(H,13,18)(H,14,15,16). The van der Waals surface area contributed by atoms with E-state index in [4.69, 9.17) is 4.74 Å². The number of likely N-dealkylation sites (N-methyl/N-ethyl adjacent to an activating group) is 1. The number of ether oxygens (including phenoxy) is 1. The molecular weight excluding hydrogens is 246 g/mol. The Labute approximate surface area is 111 Å². The van der Waals surface area contributed by atoms with Crippen molar-refractivity contribution in [3.05, 3.63) is 11.6 Å². The van der Waals surface area contributed by atoms with Gasteiger partial charge in [0.25, 0.3) is 5.91 Å². The van der Waals surface area contributed by atoms with Gasteiger partial charge in [-0.3, -0.25) is 9.89 Å². The molecule has 2 heterocycles. The summed E-state index contributed by atoms with van der Waals surface area (Å²) in [5.74, 6) is 1.30. The van der Waals surface area contributed by atoms with Gasteiger partial charge in [0, 0.05) is 25.6 Å². The summed E-state index contributed by atoms with van der Waals surface area (Å²) in [7, 11) is 2.05. The van der Waals surface area contributed by atoms with Gasteiger partial charge < -0.3 is 15.0 Å². The summed E-state index contributed by atoms with van der Waals surface area (Å²) in [5, 5.41) is 9.62. The van der Waals surface area contributed by atoms with E-state index in [2.05, 4.69) is 32.4 Å². The number of carbonyl (C=O) groups excluding carboxylic acids is 1. The number of hydrogen-bond donors (Lipinski definition) is 2. The van der Waals surface area contributed by atoms with Gasteiger partial charge in [-0.15, -0.1) is 5.10 Å². The summed E-state index contributed by atoms with van der Waals surface area (Å²) in [6.07, 6.45) is 2.32. The number of aromatic nitrogens is 3. The number of amides is 1. The minimum atomic E-state index is -0.236. The lowest BCUT2D eigenvalue weighted by molar-refractivity contribution is -0.0175. The molecule has 1 saturated carbocycles. The predicted molar refractivity (Wildman–Crippen MR) is 67.9 cm³/mol. The Kier molecular flexibility index (Phi) is 3.48. The van der Waals surface area contributed by atoms with Crippen molar-refractivity contribution in [1.29, 1.82) is 0 Å². The summed E-state index contributed by atoms with van der Waals surface area (Å²) < 4.78 is 5.58. The number of aromatic amines is 1. The van der Waals surface area contributed by atoms with E-state index in [9.17, 15) is 4.79 Å². The van der Waals surface area contributed by atoms with Crippen LogP contribution < -0.4 is 5.32 Å². The third kappa shape index (κ3) is 3.10. The van der Waals surface area contributed by atoms with Gasteiger partial charge in [-0.1, -0.05) is 0 Å². The van der Waals surface area contributed by atoms with Crippen LogP contribution >= 0.6 is 0 Å². The molecule has 0 aromatic carbocycles. The van der Waals surface area contributed by atoms with Crippen molar-refractivity contribution in [2.75, 3.05) is 33.3 Å². The molecule has 104 valence electrons. The van der Waals surface area contributed by atoms with Crippen LogP contribution in [0.25, 0.3) is 0 Å². The smallest absolute Gasteiger partial charge is 0.291 e. The molecule has 1 aliphatic carbocycles. The first kappa shape index (κ1) is 12.6. The molecule has 1 unspecified atom stereocenters. The first-order valence-corrected chi connectivity index (χ1v) is 6.73. The third-order valence-corrected chi connectivity index (χ3v) is 3.50. The summed E-state index contributed by atoms with van der Waals surface area (Å²) in [5.41, 5.74) is 0. The Morgan fingerprint density at radius 2 is 2.42 bits per heavy atom. The number of nitrogens with one attached hydrogen (secondary N) is 2. The van der Waals surface area contributed by atoms with Gasteiger partial charge in [0.15, 0.2) is 0 Å². The van der Waals surface area contributed by atoms with Gasteiger partial charge in [-0.25, -0.2) is 4.98 Å². The van der Waals surface area contributed by atoms with Crippen molar-refractivity contribution in [3.8, 4) is 0 Å². The SMILES string of the molecule is CN1CCOC(CNC(=O)c2n[nH]c(C3CC3)n2)C1. The summed E-state index contributed by atoms with van der Waals surface area (Å²) in [6.45, 7) is 2.98. The van der Waals surface area contributed by atoms with Crippen molar-refractivity contribution < 1.29 is 9.53 Å². The highest BCUT2D eigenvalue weighted by atomic mass is 16.5. The van der Waals surface area contributed by atoms with Gasteiger partial charge in [-0.2, -0.15) is 0 Å². The quantitative estimate of drug-likeness (QED) is 0.784. The monoisotopic (exact) mass is 265 g/mol. The highest BCUT2D eigenvalue weighted by Crippen LogP contribution is 2.37. The molecule has 1 aliphatic heterocycles. The maximum atomic E-state index is 11.9. The van der Waals surface area contributed by atoms with E-state index in [1.54, 1.807) is 0 Å². The lowest BCUT2D eigenvalue weighted by Gasteiger charge is -2.29. The van der Waals surface area contributed by atoms with Gasteiger partial charge >= 0.3 is 0 Å². The average molecular weight is 265 g/mol. The molecule has 1 amide bonds. The van der Waals surface area contributed by atoms with E-state index in [1.165, 1.54) is 0 Å².